The minimum atomic E-state index is -1.76. The zero-order valence-corrected chi connectivity index (χ0v) is 88.2. The molecule has 4 aliphatic heterocycles. The van der Waals surface area contributed by atoms with Crippen LogP contribution in [0.5, 0.6) is 0 Å². The highest BCUT2D eigenvalue weighted by Gasteiger charge is 2.48. The van der Waals surface area contributed by atoms with Gasteiger partial charge in [0.25, 0.3) is 0 Å². The van der Waals surface area contributed by atoms with Crippen LogP contribution in [0.2, 0.25) is 0 Å². The Bertz CT molecular complexity index is 4610. The van der Waals surface area contributed by atoms with Gasteiger partial charge in [-0.3, -0.25) is 106 Å². The summed E-state index contributed by atoms with van der Waals surface area (Å²) in [5.41, 5.74) is 22.2. The monoisotopic (exact) mass is 2090 g/mol. The van der Waals surface area contributed by atoms with Crippen molar-refractivity contribution in [3.8, 4) is 0 Å². The average Bonchev–Trinajstić information content (AvgIpc) is 1.70. The van der Waals surface area contributed by atoms with Gasteiger partial charge in [0.2, 0.25) is 118 Å². The molecule has 0 radical (unpaired) electrons. The molecular weight excluding hydrogens is 1920 g/mol. The molecule has 4 fully saturated rings. The molecule has 20 amide bonds. The Labute approximate surface area is 857 Å². The second-order valence-corrected chi connectivity index (χ2v) is 41.1. The van der Waals surface area contributed by atoms with Crippen molar-refractivity contribution in [2.75, 3.05) is 52.5 Å². The second kappa shape index (κ2) is 60.7. The molecule has 0 unspecified atom stereocenters. The normalized spacial score (nSPS) is 19.4. The van der Waals surface area contributed by atoms with Crippen molar-refractivity contribution in [3.63, 3.8) is 0 Å². The van der Waals surface area contributed by atoms with Crippen LogP contribution < -0.4 is 103 Å². The molecule has 147 heavy (non-hydrogen) atoms. The first kappa shape index (κ1) is 127. The molecule has 28 N–H and O–H groups in total. The number of hydrogen-bond donors (Lipinski definition) is 24. The van der Waals surface area contributed by atoms with Crippen molar-refractivity contribution in [3.05, 3.63) is 0 Å². The molecule has 4 rings (SSSR count). The summed E-state index contributed by atoms with van der Waals surface area (Å²) in [5.74, 6) is -25.6. The maximum Gasteiger partial charge on any atom is 0.326 e. The van der Waals surface area contributed by atoms with Gasteiger partial charge in [0.05, 0.1) is 38.3 Å². The number of carboxylic acids is 2. The number of aliphatic hydroxyl groups is 3. The van der Waals surface area contributed by atoms with Gasteiger partial charge >= 0.3 is 11.9 Å². The number of nitrogens with zero attached hydrogens (tertiary/aromatic N) is 5. The van der Waals surface area contributed by atoms with E-state index in [1.54, 1.807) is 125 Å². The summed E-state index contributed by atoms with van der Waals surface area (Å²) >= 11 is 0. The third kappa shape index (κ3) is 38.6. The number of carbonyl (C=O) groups is 22. The lowest BCUT2D eigenvalue weighted by Crippen LogP contribution is -2.63. The molecule has 0 aliphatic carbocycles. The first-order valence-electron chi connectivity index (χ1n) is 51.0. The predicted octanol–water partition coefficient (Wildman–Crippen LogP) is -6.11. The molecule has 0 aromatic heterocycles. The van der Waals surface area contributed by atoms with Gasteiger partial charge in [0, 0.05) is 39.1 Å². The van der Waals surface area contributed by atoms with Gasteiger partial charge in [-0.25, -0.2) is 4.79 Å². The molecule has 0 bridgehead atoms. The van der Waals surface area contributed by atoms with E-state index in [4.69, 9.17) is 28.0 Å². The summed E-state index contributed by atoms with van der Waals surface area (Å²) < 4.78 is 0. The first-order valence-corrected chi connectivity index (χ1v) is 51.0. The number of likely N-dealkylation sites (tertiary alicyclic amines) is 4. The highest BCUT2D eigenvalue weighted by Crippen LogP contribution is 2.28. The minimum absolute atomic E-state index is 0.00931. The SMILES string of the molecule is CC[C@H](C)[C@H](NC(=O)[C@@H](NC(=O)[C@@H](NC(=O)[C@H](CCCN=C(N)N)NC(=O)[C@H](CO)NC(=O)[C@@H](N)CC(=O)O)C(C)C)C(C)C)C(=O)N[C@@H](CCC(N)=O)C(=O)N1CCC[C@H]1C(=O)N[C@@H](CO)C(=O)N1CCC[C@H]1C(=O)N[C@H](C(=O)N[C@H](C(=O)N[C@H](C(=O)N[C@H](C(=O)N[C@@H](CC(C)C)C(=O)N1CCC[C@H]1C(=O)NCC(=O)N1CCC[C@H]1C(=O)N[C@H](C(=O)N[C@@H](CC(C)C)C(=O)O)[C@@H](C)CC)[C@@H](C)O)C(C)C)C(C)C)C(C)C. The first-order chi connectivity index (χ1) is 68.8. The van der Waals surface area contributed by atoms with E-state index in [2.05, 4.69) is 84.7 Å². The summed E-state index contributed by atoms with van der Waals surface area (Å²) in [6.45, 7) is 28.3. The molecule has 0 spiro atoms. The van der Waals surface area contributed by atoms with Crippen LogP contribution in [0.15, 0.2) is 4.99 Å². The Kier molecular flexibility index (Phi) is 52.3. The number of amides is 20. The summed E-state index contributed by atoms with van der Waals surface area (Å²) in [7, 11) is 0. The Hall–Kier alpha value is -12.5. The van der Waals surface area contributed by atoms with Crippen LogP contribution in [-0.4, -0.2) is 355 Å². The summed E-state index contributed by atoms with van der Waals surface area (Å²) in [6.07, 6.45) is -1.10. The van der Waals surface area contributed by atoms with Crippen LogP contribution in [0.25, 0.3) is 0 Å². The Morgan fingerprint density at radius 3 is 1.07 bits per heavy atom. The van der Waals surface area contributed by atoms with Crippen molar-refractivity contribution >= 4 is 136 Å². The number of nitrogens with one attached hydrogen (secondary N) is 15. The van der Waals surface area contributed by atoms with Crippen molar-refractivity contribution in [1.82, 2.24) is 99.4 Å². The average molecular weight is 2090 g/mol. The van der Waals surface area contributed by atoms with Crippen LogP contribution in [0.3, 0.4) is 0 Å². The molecule has 51 nitrogen and oxygen atoms in total. The lowest BCUT2D eigenvalue weighted by atomic mass is 9.95. The molecule has 0 aromatic carbocycles. The van der Waals surface area contributed by atoms with Crippen LogP contribution in [0.4, 0.5) is 0 Å². The van der Waals surface area contributed by atoms with E-state index in [-0.39, 0.29) is 121 Å². The predicted molar refractivity (Wildman–Crippen MR) is 533 cm³/mol. The molecular formula is C96H164N24O27. The highest BCUT2D eigenvalue weighted by molar-refractivity contribution is 6.03. The van der Waals surface area contributed by atoms with E-state index in [0.29, 0.717) is 19.3 Å². The number of rotatable bonds is 60. The van der Waals surface area contributed by atoms with E-state index >= 15 is 0 Å². The number of nitrogens with two attached hydrogens (primary N) is 4. The fraction of sp³-hybridized carbons (Fsp3) is 0.760. The topological polar surface area (TPSA) is 787 Å². The fourth-order valence-electron chi connectivity index (χ4n) is 17.6. The number of carboxylic acid groups (broad SMARTS) is 2. The number of hydrogen-bond acceptors (Lipinski definition) is 27. The van der Waals surface area contributed by atoms with Gasteiger partial charge in [0.15, 0.2) is 5.96 Å². The molecule has 4 aliphatic rings. The minimum Gasteiger partial charge on any atom is -0.481 e. The van der Waals surface area contributed by atoms with Gasteiger partial charge in [-0.05, 0) is 144 Å². The Morgan fingerprint density at radius 2 is 0.673 bits per heavy atom. The standard InChI is InChI=1S/C96H164N24O27/c1-20-52(17)74(90(141)106-59(95(146)147)40-46(5)6)114-82(133)63-29-23-35-117(63)67(125)42-102-80(131)62-28-24-36-118(62)93(144)58(39-45(3)4)105-91(142)76(54(19)123)116-88(139)73(51(15)16)113-86(137)71(49(11)12)111-85(136)70(48(9)10)110-83(134)65-31-26-38-120(65)94(145)61(44-122)108-81(132)64-30-25-37-119(64)92(143)57(32-33-66(98)124)104-89(140)75(53(18)21-2)115-87(138)72(50(13)14)112-84(135)69(47(7)8)109-78(129)56(27-22-34-101-96(99)100)103-79(130)60(43-121)107-77(128)55(97)41-68(126)127/h45-65,69-76,121-123H,20-44,97H2,1-19H3,(H2,98,124)(H,102,131)(H,103,130)(H,104,140)(H,105,142)(H,106,141)(H,107,128)(H,108,132)(H,109,129)(H,110,134)(H,111,136)(H,112,135)(H,113,137)(H,114,133)(H,115,138)(H,116,139)(H,126,127)(H,146,147)(H4,99,100,101)/t52-,53-,54+,55-,56-,57-,58-,59-,60-,61-,62-,63-,64-,65-,69-,70-,71-,72-,73-,74-,75-,76-/m0/s1. The van der Waals surface area contributed by atoms with Gasteiger partial charge in [-0.2, -0.15) is 0 Å². The lowest BCUT2D eigenvalue weighted by molar-refractivity contribution is -0.145. The number of aliphatic carboxylic acids is 2. The molecule has 51 heteroatoms. The third-order valence-corrected chi connectivity index (χ3v) is 26.5. The maximum atomic E-state index is 14.9. The lowest BCUT2D eigenvalue weighted by Gasteiger charge is -2.33. The molecule has 830 valence electrons. The van der Waals surface area contributed by atoms with Crippen LogP contribution in [-0.2, 0) is 105 Å². The molecule has 22 atom stereocenters. The molecule has 4 saturated heterocycles. The largest absolute Gasteiger partial charge is 0.481 e. The zero-order chi connectivity index (χ0) is 111. The van der Waals surface area contributed by atoms with Crippen molar-refractivity contribution in [2.45, 2.75) is 362 Å². The van der Waals surface area contributed by atoms with Crippen molar-refractivity contribution in [1.29, 1.82) is 0 Å². The smallest absolute Gasteiger partial charge is 0.326 e. The number of carbonyl (C=O) groups excluding carboxylic acids is 20. The summed E-state index contributed by atoms with van der Waals surface area (Å²) in [4.78, 5) is 315. The second-order valence-electron chi connectivity index (χ2n) is 41.1. The maximum absolute atomic E-state index is 14.9. The third-order valence-electron chi connectivity index (χ3n) is 26.5. The van der Waals surface area contributed by atoms with Crippen LogP contribution >= 0.6 is 0 Å². The molecule has 0 saturated carbocycles. The van der Waals surface area contributed by atoms with E-state index in [9.17, 15) is 126 Å². The number of aliphatic hydroxyl groups excluding tert-OH is 3. The van der Waals surface area contributed by atoms with Gasteiger partial charge in [-0.15, -0.1) is 0 Å². The van der Waals surface area contributed by atoms with Crippen molar-refractivity contribution in [2.24, 2.45) is 81.2 Å². The van der Waals surface area contributed by atoms with E-state index in [0.717, 1.165) is 9.80 Å². The van der Waals surface area contributed by atoms with Gasteiger partial charge < -0.3 is 148 Å². The summed E-state index contributed by atoms with van der Waals surface area (Å²) in [5, 5.41) is 89.6. The highest BCUT2D eigenvalue weighted by atomic mass is 16.4. The Morgan fingerprint density at radius 1 is 0.354 bits per heavy atom. The number of primary amides is 1. The zero-order valence-electron chi connectivity index (χ0n) is 88.2. The Balaban J connectivity index is 1.45. The number of aliphatic imine (C=N–C) groups is 1. The van der Waals surface area contributed by atoms with Crippen LogP contribution in [0, 0.1) is 53.3 Å². The fourth-order valence-corrected chi connectivity index (χ4v) is 17.6. The molecule has 4 heterocycles. The van der Waals surface area contributed by atoms with Crippen molar-refractivity contribution < 1.29 is 131 Å². The van der Waals surface area contributed by atoms with E-state index in [1.165, 1.54) is 16.7 Å². The van der Waals surface area contributed by atoms with Gasteiger partial charge in [0.1, 0.15) is 109 Å². The summed E-state index contributed by atoms with van der Waals surface area (Å²) in [6, 6.07) is -27.1. The van der Waals surface area contributed by atoms with Crippen LogP contribution in [0.1, 0.15) is 241 Å². The van der Waals surface area contributed by atoms with E-state index in [1.807, 2.05) is 0 Å². The number of guanidine groups is 1. The van der Waals surface area contributed by atoms with Gasteiger partial charge in [-0.1, -0.05) is 137 Å². The van der Waals surface area contributed by atoms with E-state index < -0.39 is 331 Å². The quantitative estimate of drug-likeness (QED) is 0.0153. The molecule has 0 aromatic rings.